The number of hydrogen-bond acceptors (Lipinski definition) is 4. The fourth-order valence-electron chi connectivity index (χ4n) is 2.26. The number of carbonyl (C=O) groups is 1. The van der Waals surface area contributed by atoms with Crippen LogP contribution in [0.5, 0.6) is 0 Å². The molecule has 0 radical (unpaired) electrons. The van der Waals surface area contributed by atoms with Gasteiger partial charge in [-0.15, -0.1) is 0 Å². The zero-order chi connectivity index (χ0) is 12.8. The van der Waals surface area contributed by atoms with Crippen LogP contribution in [0.4, 0.5) is 0 Å². The van der Waals surface area contributed by atoms with Gasteiger partial charge in [0.05, 0.1) is 19.4 Å². The molecule has 0 saturated carbocycles. The molecule has 0 atom stereocenters. The Kier molecular flexibility index (Phi) is 4.78. The second-order valence-corrected chi connectivity index (χ2v) is 4.75. The molecule has 1 saturated heterocycles. The number of carbonyl (C=O) groups excluding carboxylic acids is 1. The summed E-state index contributed by atoms with van der Waals surface area (Å²) in [4.78, 5) is 13.9. The van der Waals surface area contributed by atoms with Crippen LogP contribution in [0.15, 0.2) is 22.8 Å². The van der Waals surface area contributed by atoms with Crippen molar-refractivity contribution < 1.29 is 9.21 Å². The Bertz CT molecular complexity index is 358. The van der Waals surface area contributed by atoms with Gasteiger partial charge < -0.3 is 15.1 Å². The first-order chi connectivity index (χ1) is 8.75. The van der Waals surface area contributed by atoms with Crippen LogP contribution >= 0.6 is 0 Å². The molecule has 1 aromatic rings. The van der Waals surface area contributed by atoms with Crippen molar-refractivity contribution in [1.82, 2.24) is 15.5 Å². The second-order valence-electron chi connectivity index (χ2n) is 4.75. The number of piperidine rings is 1. The maximum absolute atomic E-state index is 11.8. The highest BCUT2D eigenvalue weighted by molar-refractivity contribution is 5.77. The molecule has 2 N–H and O–H groups in total. The lowest BCUT2D eigenvalue weighted by atomic mass is 10.1. The summed E-state index contributed by atoms with van der Waals surface area (Å²) in [5.74, 6) is 0.834. The third-order valence-corrected chi connectivity index (χ3v) is 3.36. The quantitative estimate of drug-likeness (QED) is 0.804. The average molecular weight is 251 g/mol. The van der Waals surface area contributed by atoms with Crippen molar-refractivity contribution in [3.63, 3.8) is 0 Å². The lowest BCUT2D eigenvalue weighted by molar-refractivity contribution is -0.122. The van der Waals surface area contributed by atoms with Crippen molar-refractivity contribution in [2.24, 2.45) is 0 Å². The highest BCUT2D eigenvalue weighted by Crippen LogP contribution is 2.09. The van der Waals surface area contributed by atoms with Gasteiger partial charge in [-0.05, 0) is 45.1 Å². The number of hydrogen-bond donors (Lipinski definition) is 2. The standard InChI is InChI=1S/C13H21N3O2/c1-16(11-4-6-14-7-5-11)10-13(17)15-9-12-3-2-8-18-12/h2-3,8,11,14H,4-7,9-10H2,1H3,(H,15,17). The summed E-state index contributed by atoms with van der Waals surface area (Å²) < 4.78 is 5.17. The third-order valence-electron chi connectivity index (χ3n) is 3.36. The van der Waals surface area contributed by atoms with E-state index < -0.39 is 0 Å². The van der Waals surface area contributed by atoms with E-state index in [2.05, 4.69) is 15.5 Å². The van der Waals surface area contributed by atoms with Crippen molar-refractivity contribution in [2.45, 2.75) is 25.4 Å². The predicted octanol–water partition coefficient (Wildman–Crippen LogP) is 0.580. The monoisotopic (exact) mass is 251 g/mol. The fourth-order valence-corrected chi connectivity index (χ4v) is 2.26. The zero-order valence-corrected chi connectivity index (χ0v) is 10.8. The molecule has 1 amide bonds. The largest absolute Gasteiger partial charge is 0.467 e. The molecule has 2 heterocycles. The molecule has 18 heavy (non-hydrogen) atoms. The molecule has 1 aromatic heterocycles. The number of rotatable bonds is 5. The van der Waals surface area contributed by atoms with Crippen molar-refractivity contribution in [2.75, 3.05) is 26.7 Å². The molecule has 1 aliphatic heterocycles. The molecule has 1 aliphatic rings. The van der Waals surface area contributed by atoms with Gasteiger partial charge in [-0.2, -0.15) is 0 Å². The van der Waals surface area contributed by atoms with E-state index in [1.807, 2.05) is 19.2 Å². The summed E-state index contributed by atoms with van der Waals surface area (Å²) >= 11 is 0. The highest BCUT2D eigenvalue weighted by Gasteiger charge is 2.19. The van der Waals surface area contributed by atoms with E-state index in [1.54, 1.807) is 6.26 Å². The lowest BCUT2D eigenvalue weighted by Gasteiger charge is -2.31. The minimum absolute atomic E-state index is 0.0485. The molecule has 0 bridgehead atoms. The molecular formula is C13H21N3O2. The van der Waals surface area contributed by atoms with Crippen molar-refractivity contribution in [1.29, 1.82) is 0 Å². The van der Waals surface area contributed by atoms with Gasteiger partial charge in [-0.3, -0.25) is 9.69 Å². The van der Waals surface area contributed by atoms with Crippen molar-refractivity contribution >= 4 is 5.91 Å². The van der Waals surface area contributed by atoms with E-state index in [9.17, 15) is 4.79 Å². The SMILES string of the molecule is CN(CC(=O)NCc1ccco1)C1CCNCC1. The van der Waals surface area contributed by atoms with Crippen LogP contribution in [0.1, 0.15) is 18.6 Å². The molecule has 0 aromatic carbocycles. The molecule has 5 heteroatoms. The number of nitrogens with one attached hydrogen (secondary N) is 2. The molecule has 1 fully saturated rings. The molecule has 0 aliphatic carbocycles. The summed E-state index contributed by atoms with van der Waals surface area (Å²) in [6, 6.07) is 4.19. The molecular weight excluding hydrogens is 230 g/mol. The van der Waals surface area contributed by atoms with E-state index in [0.717, 1.165) is 31.7 Å². The second kappa shape index (κ2) is 6.56. The maximum Gasteiger partial charge on any atom is 0.234 e. The average Bonchev–Trinajstić information content (AvgIpc) is 2.90. The topological polar surface area (TPSA) is 57.5 Å². The first-order valence-electron chi connectivity index (χ1n) is 6.46. The number of amides is 1. The van der Waals surface area contributed by atoms with Crippen molar-refractivity contribution in [3.05, 3.63) is 24.2 Å². The van der Waals surface area contributed by atoms with Gasteiger partial charge in [0.15, 0.2) is 0 Å². The normalized spacial score (nSPS) is 17.0. The van der Waals surface area contributed by atoms with Gasteiger partial charge in [0.2, 0.25) is 5.91 Å². The van der Waals surface area contributed by atoms with Gasteiger partial charge in [-0.1, -0.05) is 0 Å². The van der Waals surface area contributed by atoms with Crippen LogP contribution in [-0.2, 0) is 11.3 Å². The van der Waals surface area contributed by atoms with E-state index in [4.69, 9.17) is 4.42 Å². The Hall–Kier alpha value is -1.33. The van der Waals surface area contributed by atoms with E-state index in [1.165, 1.54) is 0 Å². The molecule has 0 spiro atoms. The minimum Gasteiger partial charge on any atom is -0.467 e. The number of likely N-dealkylation sites (N-methyl/N-ethyl adjacent to an activating group) is 1. The van der Waals surface area contributed by atoms with E-state index >= 15 is 0 Å². The Morgan fingerprint density at radius 1 is 1.56 bits per heavy atom. The smallest absolute Gasteiger partial charge is 0.234 e. The van der Waals surface area contributed by atoms with E-state index in [-0.39, 0.29) is 5.91 Å². The minimum atomic E-state index is 0.0485. The number of furan rings is 1. The van der Waals surface area contributed by atoms with Crippen LogP contribution in [0.2, 0.25) is 0 Å². The summed E-state index contributed by atoms with van der Waals surface area (Å²) in [6.07, 6.45) is 3.84. The Balaban J connectivity index is 1.69. The van der Waals surface area contributed by atoms with Crippen LogP contribution in [-0.4, -0.2) is 43.5 Å². The molecule has 2 rings (SSSR count). The fraction of sp³-hybridized carbons (Fsp3) is 0.615. The first kappa shape index (κ1) is 13.1. The Morgan fingerprint density at radius 2 is 2.33 bits per heavy atom. The maximum atomic E-state index is 11.8. The van der Waals surface area contributed by atoms with Gasteiger partial charge in [-0.25, -0.2) is 0 Å². The van der Waals surface area contributed by atoms with Gasteiger partial charge >= 0.3 is 0 Å². The highest BCUT2D eigenvalue weighted by atomic mass is 16.3. The van der Waals surface area contributed by atoms with Gasteiger partial charge in [0, 0.05) is 6.04 Å². The van der Waals surface area contributed by atoms with Crippen LogP contribution in [0.3, 0.4) is 0 Å². The van der Waals surface area contributed by atoms with E-state index in [0.29, 0.717) is 19.1 Å². The summed E-state index contributed by atoms with van der Waals surface area (Å²) in [5.41, 5.74) is 0. The van der Waals surface area contributed by atoms with Crippen LogP contribution in [0, 0.1) is 0 Å². The first-order valence-corrected chi connectivity index (χ1v) is 6.46. The van der Waals surface area contributed by atoms with Gasteiger partial charge in [0.25, 0.3) is 0 Å². The molecule has 0 unspecified atom stereocenters. The molecule has 100 valence electrons. The lowest BCUT2D eigenvalue weighted by Crippen LogP contribution is -2.45. The van der Waals surface area contributed by atoms with Gasteiger partial charge in [0.1, 0.15) is 5.76 Å². The summed E-state index contributed by atoms with van der Waals surface area (Å²) in [5, 5.41) is 6.19. The third kappa shape index (κ3) is 3.85. The number of nitrogens with zero attached hydrogens (tertiary/aromatic N) is 1. The Labute approximate surface area is 108 Å². The predicted molar refractivity (Wildman–Crippen MR) is 69.1 cm³/mol. The van der Waals surface area contributed by atoms with Crippen LogP contribution < -0.4 is 10.6 Å². The summed E-state index contributed by atoms with van der Waals surface area (Å²) in [7, 11) is 2.02. The van der Waals surface area contributed by atoms with Crippen LogP contribution in [0.25, 0.3) is 0 Å². The Morgan fingerprint density at radius 3 is 3.00 bits per heavy atom. The molecule has 5 nitrogen and oxygen atoms in total. The van der Waals surface area contributed by atoms with Crippen molar-refractivity contribution in [3.8, 4) is 0 Å². The summed E-state index contributed by atoms with van der Waals surface area (Å²) in [6.45, 7) is 3.00. The zero-order valence-electron chi connectivity index (χ0n) is 10.8.